The van der Waals surface area contributed by atoms with Crippen molar-refractivity contribution in [1.29, 1.82) is 0 Å². The summed E-state index contributed by atoms with van der Waals surface area (Å²) >= 11 is 0. The first-order chi connectivity index (χ1) is 8.95. The summed E-state index contributed by atoms with van der Waals surface area (Å²) in [4.78, 5) is 11.7. The molecule has 1 rings (SSSR count). The van der Waals surface area contributed by atoms with Crippen LogP contribution in [-0.2, 0) is 4.79 Å². The molecule has 1 unspecified atom stereocenters. The summed E-state index contributed by atoms with van der Waals surface area (Å²) in [6.45, 7) is 6.15. The van der Waals surface area contributed by atoms with Crippen molar-refractivity contribution in [3.63, 3.8) is 0 Å². The Kier molecular flexibility index (Phi) is 5.89. The van der Waals surface area contributed by atoms with Gasteiger partial charge in [0.05, 0.1) is 6.54 Å². The molecule has 0 aliphatic rings. The predicted molar refractivity (Wildman–Crippen MR) is 71.9 cm³/mol. The second-order valence-corrected chi connectivity index (χ2v) is 4.78. The molecular weight excluding hydrogens is 250 g/mol. The normalized spacial score (nSPS) is 12.5. The summed E-state index contributed by atoms with van der Waals surface area (Å²) in [7, 11) is 0. The van der Waals surface area contributed by atoms with Crippen LogP contribution in [0.1, 0.15) is 27.2 Å². The molecule has 1 aromatic rings. The van der Waals surface area contributed by atoms with Gasteiger partial charge in [0, 0.05) is 6.04 Å². The van der Waals surface area contributed by atoms with Crippen molar-refractivity contribution in [3.05, 3.63) is 29.8 Å². The highest BCUT2D eigenvalue weighted by molar-refractivity contribution is 5.92. The average molecular weight is 270 g/mol. The van der Waals surface area contributed by atoms with Gasteiger partial charge < -0.3 is 10.6 Å². The monoisotopic (exact) mass is 270 g/mol. The van der Waals surface area contributed by atoms with E-state index in [1.807, 2.05) is 6.92 Å². The SMILES string of the molecule is CCC(NCC(=O)Nc1c(F)cccc1F)C(C)C. The topological polar surface area (TPSA) is 41.1 Å². The number of anilines is 1. The van der Waals surface area contributed by atoms with E-state index in [0.717, 1.165) is 18.6 Å². The predicted octanol–water partition coefficient (Wildman–Crippen LogP) is 2.93. The Morgan fingerprint density at radius 2 is 1.84 bits per heavy atom. The molecule has 0 aliphatic heterocycles. The molecule has 0 saturated heterocycles. The van der Waals surface area contributed by atoms with Crippen LogP contribution in [0.15, 0.2) is 18.2 Å². The van der Waals surface area contributed by atoms with Gasteiger partial charge >= 0.3 is 0 Å². The molecule has 0 aromatic heterocycles. The number of hydrogen-bond acceptors (Lipinski definition) is 2. The molecule has 2 N–H and O–H groups in total. The number of carbonyl (C=O) groups is 1. The van der Waals surface area contributed by atoms with Crippen molar-refractivity contribution < 1.29 is 13.6 Å². The number of rotatable bonds is 6. The molecule has 0 spiro atoms. The zero-order valence-electron chi connectivity index (χ0n) is 11.5. The number of nitrogens with one attached hydrogen (secondary N) is 2. The van der Waals surface area contributed by atoms with Crippen molar-refractivity contribution in [2.45, 2.75) is 33.2 Å². The van der Waals surface area contributed by atoms with Crippen LogP contribution in [0.4, 0.5) is 14.5 Å². The summed E-state index contributed by atoms with van der Waals surface area (Å²) in [6.07, 6.45) is 0.888. The first-order valence-electron chi connectivity index (χ1n) is 6.43. The largest absolute Gasteiger partial charge is 0.320 e. The van der Waals surface area contributed by atoms with Gasteiger partial charge in [-0.1, -0.05) is 26.8 Å². The molecule has 0 saturated carbocycles. The summed E-state index contributed by atoms with van der Waals surface area (Å²) in [5.74, 6) is -1.61. The van der Waals surface area contributed by atoms with E-state index in [1.165, 1.54) is 6.07 Å². The number of amides is 1. The number of halogens is 2. The third-order valence-corrected chi connectivity index (χ3v) is 3.00. The zero-order chi connectivity index (χ0) is 14.4. The maximum atomic E-state index is 13.3. The molecular formula is C14H20F2N2O. The molecule has 0 fully saturated rings. The third-order valence-electron chi connectivity index (χ3n) is 3.00. The maximum Gasteiger partial charge on any atom is 0.238 e. The first-order valence-corrected chi connectivity index (χ1v) is 6.43. The average Bonchev–Trinajstić information content (AvgIpc) is 2.34. The Bertz CT molecular complexity index is 415. The zero-order valence-corrected chi connectivity index (χ0v) is 11.5. The number of para-hydroxylation sites is 1. The standard InChI is InChI=1S/C14H20F2N2O/c1-4-12(9(2)3)17-8-13(19)18-14-10(15)6-5-7-11(14)16/h5-7,9,12,17H,4,8H2,1-3H3,(H,18,19). The fourth-order valence-electron chi connectivity index (χ4n) is 1.88. The number of hydrogen-bond donors (Lipinski definition) is 2. The Balaban J connectivity index is 2.56. The molecule has 0 aliphatic carbocycles. The van der Waals surface area contributed by atoms with Gasteiger partial charge in [0.25, 0.3) is 0 Å². The van der Waals surface area contributed by atoms with E-state index in [1.54, 1.807) is 0 Å². The van der Waals surface area contributed by atoms with Gasteiger partial charge in [-0.3, -0.25) is 4.79 Å². The van der Waals surface area contributed by atoms with Crippen LogP contribution in [0, 0.1) is 17.6 Å². The lowest BCUT2D eigenvalue weighted by Gasteiger charge is -2.20. The minimum Gasteiger partial charge on any atom is -0.320 e. The van der Waals surface area contributed by atoms with Crippen LogP contribution >= 0.6 is 0 Å². The van der Waals surface area contributed by atoms with Gasteiger partial charge in [-0.15, -0.1) is 0 Å². The summed E-state index contributed by atoms with van der Waals surface area (Å²) in [5, 5.41) is 5.32. The smallest absolute Gasteiger partial charge is 0.238 e. The molecule has 106 valence electrons. The minimum atomic E-state index is -0.774. The molecule has 1 amide bonds. The summed E-state index contributed by atoms with van der Waals surface area (Å²) in [5.41, 5.74) is -0.396. The molecule has 0 bridgehead atoms. The minimum absolute atomic E-state index is 0.0322. The highest BCUT2D eigenvalue weighted by Gasteiger charge is 2.14. The van der Waals surface area contributed by atoms with Crippen LogP contribution in [0.5, 0.6) is 0 Å². The van der Waals surface area contributed by atoms with Crippen LogP contribution in [0.3, 0.4) is 0 Å². The molecule has 1 atom stereocenters. The summed E-state index contributed by atoms with van der Waals surface area (Å²) < 4.78 is 26.7. The van der Waals surface area contributed by atoms with Crippen LogP contribution in [0.25, 0.3) is 0 Å². The quantitative estimate of drug-likeness (QED) is 0.834. The van der Waals surface area contributed by atoms with Crippen molar-refractivity contribution in [3.8, 4) is 0 Å². The lowest BCUT2D eigenvalue weighted by atomic mass is 10.0. The van der Waals surface area contributed by atoms with Crippen molar-refractivity contribution in [1.82, 2.24) is 5.32 Å². The maximum absolute atomic E-state index is 13.3. The van der Waals surface area contributed by atoms with E-state index in [0.29, 0.717) is 5.92 Å². The van der Waals surface area contributed by atoms with E-state index in [4.69, 9.17) is 0 Å². The van der Waals surface area contributed by atoms with Crippen molar-refractivity contribution >= 4 is 11.6 Å². The Morgan fingerprint density at radius 3 is 2.32 bits per heavy atom. The van der Waals surface area contributed by atoms with Crippen LogP contribution in [0.2, 0.25) is 0 Å². The van der Waals surface area contributed by atoms with Gasteiger partial charge in [0.1, 0.15) is 17.3 Å². The summed E-state index contributed by atoms with van der Waals surface area (Å²) in [6, 6.07) is 3.67. The molecule has 3 nitrogen and oxygen atoms in total. The highest BCUT2D eigenvalue weighted by Crippen LogP contribution is 2.17. The van der Waals surface area contributed by atoms with Crippen LogP contribution < -0.4 is 10.6 Å². The number of benzene rings is 1. The van der Waals surface area contributed by atoms with Gasteiger partial charge in [0.2, 0.25) is 5.91 Å². The van der Waals surface area contributed by atoms with Crippen molar-refractivity contribution in [2.75, 3.05) is 11.9 Å². The molecule has 0 radical (unpaired) electrons. The second kappa shape index (κ2) is 7.19. The highest BCUT2D eigenvalue weighted by atomic mass is 19.1. The van der Waals surface area contributed by atoms with Gasteiger partial charge in [0.15, 0.2) is 0 Å². The van der Waals surface area contributed by atoms with Crippen LogP contribution in [-0.4, -0.2) is 18.5 Å². The Hall–Kier alpha value is -1.49. The Labute approximate surface area is 112 Å². The lowest BCUT2D eigenvalue weighted by molar-refractivity contribution is -0.115. The van der Waals surface area contributed by atoms with Gasteiger partial charge in [-0.25, -0.2) is 8.78 Å². The fraction of sp³-hybridized carbons (Fsp3) is 0.500. The fourth-order valence-corrected chi connectivity index (χ4v) is 1.88. The van der Waals surface area contributed by atoms with Crippen molar-refractivity contribution in [2.24, 2.45) is 5.92 Å². The first kappa shape index (κ1) is 15.6. The van der Waals surface area contributed by atoms with Gasteiger partial charge in [-0.05, 0) is 24.5 Å². The van der Waals surface area contributed by atoms with E-state index < -0.39 is 23.2 Å². The molecule has 19 heavy (non-hydrogen) atoms. The lowest BCUT2D eigenvalue weighted by Crippen LogP contribution is -2.39. The molecule has 5 heteroatoms. The second-order valence-electron chi connectivity index (χ2n) is 4.78. The van der Waals surface area contributed by atoms with E-state index in [2.05, 4.69) is 24.5 Å². The van der Waals surface area contributed by atoms with E-state index in [9.17, 15) is 13.6 Å². The molecule has 0 heterocycles. The number of carbonyl (C=O) groups excluding carboxylic acids is 1. The van der Waals surface area contributed by atoms with E-state index in [-0.39, 0.29) is 12.6 Å². The van der Waals surface area contributed by atoms with E-state index >= 15 is 0 Å². The van der Waals surface area contributed by atoms with Gasteiger partial charge in [-0.2, -0.15) is 0 Å². The molecule has 1 aromatic carbocycles. The Morgan fingerprint density at radius 1 is 1.26 bits per heavy atom. The third kappa shape index (κ3) is 4.59.